The van der Waals surface area contributed by atoms with E-state index < -0.39 is 0 Å². The first-order valence-corrected chi connectivity index (χ1v) is 6.50. The van der Waals surface area contributed by atoms with Crippen molar-refractivity contribution in [2.75, 3.05) is 7.11 Å². The molecule has 4 nitrogen and oxygen atoms in total. The summed E-state index contributed by atoms with van der Waals surface area (Å²) in [4.78, 5) is 15.8. The fourth-order valence-electron chi connectivity index (χ4n) is 2.51. The summed E-state index contributed by atoms with van der Waals surface area (Å²) in [5.74, 6) is -0.00989. The van der Waals surface area contributed by atoms with E-state index in [1.54, 1.807) is 6.20 Å². The summed E-state index contributed by atoms with van der Waals surface area (Å²) < 4.78 is 4.82. The van der Waals surface area contributed by atoms with Gasteiger partial charge < -0.3 is 10.1 Å². The monoisotopic (exact) mass is 248 g/mol. The van der Waals surface area contributed by atoms with Crippen LogP contribution >= 0.6 is 0 Å². The SMILES string of the molecule is COC(=O)C1CCCC(NCc2ccccn2)C1. The molecule has 2 rings (SSSR count). The van der Waals surface area contributed by atoms with Crippen LogP contribution in [-0.2, 0) is 16.1 Å². The Morgan fingerprint density at radius 1 is 1.50 bits per heavy atom. The van der Waals surface area contributed by atoms with Gasteiger partial charge in [0.15, 0.2) is 0 Å². The topological polar surface area (TPSA) is 51.2 Å². The predicted molar refractivity (Wildman–Crippen MR) is 68.8 cm³/mol. The van der Waals surface area contributed by atoms with E-state index in [0.717, 1.165) is 37.9 Å². The van der Waals surface area contributed by atoms with Crippen molar-refractivity contribution in [2.24, 2.45) is 5.92 Å². The second kappa shape index (κ2) is 6.50. The summed E-state index contributed by atoms with van der Waals surface area (Å²) in [6.45, 7) is 0.763. The van der Waals surface area contributed by atoms with Crippen molar-refractivity contribution in [3.63, 3.8) is 0 Å². The molecule has 1 heterocycles. The standard InChI is InChI=1S/C14H20N2O2/c1-18-14(17)11-5-4-7-12(9-11)16-10-13-6-2-3-8-15-13/h2-3,6,8,11-12,16H,4-5,7,9-10H2,1H3. The first kappa shape index (κ1) is 13.0. The molecule has 18 heavy (non-hydrogen) atoms. The van der Waals surface area contributed by atoms with Gasteiger partial charge in [0, 0.05) is 18.8 Å². The second-order valence-electron chi connectivity index (χ2n) is 4.79. The molecule has 1 aromatic rings. The maximum Gasteiger partial charge on any atom is 0.308 e. The highest BCUT2D eigenvalue weighted by atomic mass is 16.5. The lowest BCUT2D eigenvalue weighted by molar-refractivity contribution is -0.146. The normalized spacial score (nSPS) is 23.6. The summed E-state index contributed by atoms with van der Waals surface area (Å²) in [5, 5.41) is 3.48. The Balaban J connectivity index is 1.81. The van der Waals surface area contributed by atoms with Gasteiger partial charge in [-0.3, -0.25) is 9.78 Å². The fraction of sp³-hybridized carbons (Fsp3) is 0.571. The van der Waals surface area contributed by atoms with Gasteiger partial charge in [-0.05, 0) is 31.4 Å². The largest absolute Gasteiger partial charge is 0.469 e. The Labute approximate surface area is 108 Å². The van der Waals surface area contributed by atoms with Crippen molar-refractivity contribution in [2.45, 2.75) is 38.3 Å². The molecule has 0 radical (unpaired) electrons. The molecule has 1 saturated carbocycles. The predicted octanol–water partition coefficient (Wildman–Crippen LogP) is 1.90. The van der Waals surface area contributed by atoms with Crippen LogP contribution in [0.4, 0.5) is 0 Å². The lowest BCUT2D eigenvalue weighted by Gasteiger charge is -2.28. The first-order chi connectivity index (χ1) is 8.79. The number of esters is 1. The molecule has 2 atom stereocenters. The van der Waals surface area contributed by atoms with Gasteiger partial charge in [0.1, 0.15) is 0 Å². The van der Waals surface area contributed by atoms with E-state index in [2.05, 4.69) is 10.3 Å². The Kier molecular flexibility index (Phi) is 4.70. The number of nitrogens with zero attached hydrogens (tertiary/aromatic N) is 1. The number of aromatic nitrogens is 1. The van der Waals surface area contributed by atoms with E-state index in [0.29, 0.717) is 6.04 Å². The zero-order valence-corrected chi connectivity index (χ0v) is 10.8. The summed E-state index contributed by atoms with van der Waals surface area (Å²) in [7, 11) is 1.47. The van der Waals surface area contributed by atoms with Crippen LogP contribution in [0.15, 0.2) is 24.4 Å². The van der Waals surface area contributed by atoms with E-state index in [9.17, 15) is 4.79 Å². The summed E-state index contributed by atoms with van der Waals surface area (Å²) in [6, 6.07) is 6.30. The molecule has 0 amide bonds. The molecular formula is C14H20N2O2. The highest BCUT2D eigenvalue weighted by Crippen LogP contribution is 2.25. The lowest BCUT2D eigenvalue weighted by Crippen LogP contribution is -2.36. The van der Waals surface area contributed by atoms with Gasteiger partial charge in [0.05, 0.1) is 18.7 Å². The number of methoxy groups -OCH3 is 1. The number of carbonyl (C=O) groups is 1. The highest BCUT2D eigenvalue weighted by Gasteiger charge is 2.27. The van der Waals surface area contributed by atoms with Gasteiger partial charge in [-0.1, -0.05) is 12.5 Å². The smallest absolute Gasteiger partial charge is 0.308 e. The molecule has 1 aromatic heterocycles. The second-order valence-corrected chi connectivity index (χ2v) is 4.79. The van der Waals surface area contributed by atoms with Gasteiger partial charge in [0.2, 0.25) is 0 Å². The van der Waals surface area contributed by atoms with Gasteiger partial charge in [0.25, 0.3) is 0 Å². The van der Waals surface area contributed by atoms with Gasteiger partial charge in [-0.2, -0.15) is 0 Å². The minimum absolute atomic E-state index is 0.0602. The molecule has 4 heteroatoms. The highest BCUT2D eigenvalue weighted by molar-refractivity contribution is 5.72. The van der Waals surface area contributed by atoms with Crippen molar-refractivity contribution < 1.29 is 9.53 Å². The van der Waals surface area contributed by atoms with Gasteiger partial charge in [-0.15, -0.1) is 0 Å². The molecule has 0 aromatic carbocycles. The minimum Gasteiger partial charge on any atom is -0.469 e. The minimum atomic E-state index is -0.0701. The van der Waals surface area contributed by atoms with Crippen LogP contribution in [0.25, 0.3) is 0 Å². The Morgan fingerprint density at radius 2 is 2.39 bits per heavy atom. The van der Waals surface area contributed by atoms with Crippen LogP contribution < -0.4 is 5.32 Å². The molecular weight excluding hydrogens is 228 g/mol. The molecule has 0 saturated heterocycles. The van der Waals surface area contributed by atoms with Crippen molar-refractivity contribution >= 4 is 5.97 Å². The third-order valence-corrected chi connectivity index (χ3v) is 3.51. The molecule has 0 bridgehead atoms. The Bertz CT molecular complexity index is 381. The number of rotatable bonds is 4. The molecule has 1 aliphatic carbocycles. The fourth-order valence-corrected chi connectivity index (χ4v) is 2.51. The Hall–Kier alpha value is -1.42. The lowest BCUT2D eigenvalue weighted by atomic mass is 9.85. The van der Waals surface area contributed by atoms with Crippen LogP contribution in [0, 0.1) is 5.92 Å². The molecule has 98 valence electrons. The number of carbonyl (C=O) groups excluding carboxylic acids is 1. The van der Waals surface area contributed by atoms with Crippen molar-refractivity contribution in [1.29, 1.82) is 0 Å². The van der Waals surface area contributed by atoms with E-state index in [1.807, 2.05) is 18.2 Å². The molecule has 2 unspecified atom stereocenters. The number of ether oxygens (including phenoxy) is 1. The van der Waals surface area contributed by atoms with E-state index in [-0.39, 0.29) is 11.9 Å². The molecule has 1 N–H and O–H groups in total. The maximum atomic E-state index is 11.5. The average molecular weight is 248 g/mol. The zero-order valence-electron chi connectivity index (χ0n) is 10.8. The third-order valence-electron chi connectivity index (χ3n) is 3.51. The third kappa shape index (κ3) is 3.53. The first-order valence-electron chi connectivity index (χ1n) is 6.50. The van der Waals surface area contributed by atoms with Crippen LogP contribution in [0.2, 0.25) is 0 Å². The Morgan fingerprint density at radius 3 is 3.11 bits per heavy atom. The molecule has 1 aliphatic rings. The van der Waals surface area contributed by atoms with Crippen molar-refractivity contribution in [1.82, 2.24) is 10.3 Å². The number of pyridine rings is 1. The summed E-state index contributed by atoms with van der Waals surface area (Å²) in [6.07, 6.45) is 5.84. The van der Waals surface area contributed by atoms with Gasteiger partial charge >= 0.3 is 5.97 Å². The van der Waals surface area contributed by atoms with Crippen LogP contribution in [0.3, 0.4) is 0 Å². The van der Waals surface area contributed by atoms with Crippen LogP contribution in [0.5, 0.6) is 0 Å². The van der Waals surface area contributed by atoms with E-state index >= 15 is 0 Å². The van der Waals surface area contributed by atoms with Gasteiger partial charge in [-0.25, -0.2) is 0 Å². The molecule has 0 spiro atoms. The zero-order chi connectivity index (χ0) is 12.8. The number of hydrogen-bond donors (Lipinski definition) is 1. The summed E-state index contributed by atoms with van der Waals surface area (Å²) >= 11 is 0. The summed E-state index contributed by atoms with van der Waals surface area (Å²) in [5.41, 5.74) is 1.04. The van der Waals surface area contributed by atoms with Crippen molar-refractivity contribution in [3.8, 4) is 0 Å². The average Bonchev–Trinajstić information content (AvgIpc) is 2.45. The van der Waals surface area contributed by atoms with Crippen LogP contribution in [0.1, 0.15) is 31.4 Å². The number of hydrogen-bond acceptors (Lipinski definition) is 4. The van der Waals surface area contributed by atoms with Crippen molar-refractivity contribution in [3.05, 3.63) is 30.1 Å². The quantitative estimate of drug-likeness (QED) is 0.827. The van der Waals surface area contributed by atoms with E-state index in [4.69, 9.17) is 4.74 Å². The number of nitrogens with one attached hydrogen (secondary N) is 1. The molecule has 1 fully saturated rings. The molecule has 0 aliphatic heterocycles. The van der Waals surface area contributed by atoms with Crippen LogP contribution in [-0.4, -0.2) is 24.1 Å². The van der Waals surface area contributed by atoms with E-state index in [1.165, 1.54) is 7.11 Å². The maximum absolute atomic E-state index is 11.5.